The number of benzene rings is 1. The Morgan fingerprint density at radius 1 is 1.28 bits per heavy atom. The molecule has 1 saturated heterocycles. The minimum atomic E-state index is -1.42. The predicted molar refractivity (Wildman–Crippen MR) is 136 cm³/mol. The van der Waals surface area contributed by atoms with Crippen LogP contribution < -0.4 is 4.74 Å². The number of carboxylic acids is 1. The first kappa shape index (κ1) is 27.7. The van der Waals surface area contributed by atoms with Gasteiger partial charge in [-0.15, -0.1) is 0 Å². The first-order valence-corrected chi connectivity index (χ1v) is 12.6. The van der Waals surface area contributed by atoms with E-state index in [1.54, 1.807) is 32.2 Å². The van der Waals surface area contributed by atoms with Crippen LogP contribution in [0.1, 0.15) is 87.8 Å². The van der Waals surface area contributed by atoms with Gasteiger partial charge in [-0.3, -0.25) is 4.79 Å². The summed E-state index contributed by atoms with van der Waals surface area (Å²) in [6, 6.07) is 6.53. The lowest BCUT2D eigenvalue weighted by atomic mass is 9.83. The van der Waals surface area contributed by atoms with Gasteiger partial charge in [0.15, 0.2) is 0 Å². The number of aryl methyl sites for hydroxylation is 1. The molecule has 2 aromatic rings. The van der Waals surface area contributed by atoms with Gasteiger partial charge in [-0.25, -0.2) is 4.79 Å². The van der Waals surface area contributed by atoms with Crippen LogP contribution in [0.5, 0.6) is 5.75 Å². The van der Waals surface area contributed by atoms with Crippen LogP contribution in [0, 0.1) is 18.8 Å². The van der Waals surface area contributed by atoms with Crippen LogP contribution in [-0.4, -0.2) is 52.9 Å². The molecular weight excluding hydrogens is 460 g/mol. The minimum Gasteiger partial charge on any atom is -0.496 e. The second kappa shape index (κ2) is 10.6. The molecule has 2 heterocycles. The summed E-state index contributed by atoms with van der Waals surface area (Å²) in [5.41, 5.74) is 0.270. The molecule has 1 N–H and O–H groups in total. The molecule has 8 nitrogen and oxygen atoms in total. The van der Waals surface area contributed by atoms with E-state index in [0.717, 1.165) is 5.56 Å². The van der Waals surface area contributed by atoms with Crippen molar-refractivity contribution < 1.29 is 28.7 Å². The van der Waals surface area contributed by atoms with E-state index in [1.807, 2.05) is 26.8 Å². The molecule has 0 radical (unpaired) electrons. The summed E-state index contributed by atoms with van der Waals surface area (Å²) in [5.74, 6) is -0.422. The number of nitrogens with zero attached hydrogens (tertiary/aromatic N) is 2. The number of likely N-dealkylation sites (tertiary alicyclic amines) is 1. The molecule has 1 unspecified atom stereocenters. The number of rotatable bonds is 9. The van der Waals surface area contributed by atoms with Crippen molar-refractivity contribution in [3.63, 3.8) is 0 Å². The molecular formula is C28H40N2O6. The zero-order chi connectivity index (χ0) is 26.8. The molecule has 0 saturated carbocycles. The highest BCUT2D eigenvalue weighted by atomic mass is 16.5. The summed E-state index contributed by atoms with van der Waals surface area (Å²) in [5, 5.41) is 14.9. The number of carboxylic acid groups (broad SMARTS) is 1. The quantitative estimate of drug-likeness (QED) is 0.492. The second-order valence-corrected chi connectivity index (χ2v) is 11.2. The summed E-state index contributed by atoms with van der Waals surface area (Å²) >= 11 is 0. The lowest BCUT2D eigenvalue weighted by Gasteiger charge is -2.39. The summed E-state index contributed by atoms with van der Waals surface area (Å²) in [6.45, 7) is 14.7. The standard InChI is InChI=1S/C28H40N2O6/c1-9-35-16-20-15-28(26(32)33,14-17(2)3)30(24(20)22-12-18(4)36-29-22)25(31)19-10-11-21(27(5,6)7)23(13-19)34-8/h10-13,17,20,24H,9,14-16H2,1-8H3,(H,32,33)/t20?,24-,28+/m0/s1. The van der Waals surface area contributed by atoms with E-state index < -0.39 is 17.6 Å². The van der Waals surface area contributed by atoms with E-state index in [2.05, 4.69) is 25.9 Å². The van der Waals surface area contributed by atoms with Crippen molar-refractivity contribution in [2.24, 2.45) is 11.8 Å². The molecule has 1 aliphatic heterocycles. The molecule has 3 atom stereocenters. The van der Waals surface area contributed by atoms with Crippen LogP contribution in [-0.2, 0) is 14.9 Å². The molecule has 1 aromatic carbocycles. The maximum absolute atomic E-state index is 14.3. The van der Waals surface area contributed by atoms with Crippen LogP contribution in [0.25, 0.3) is 0 Å². The number of methoxy groups -OCH3 is 1. The van der Waals surface area contributed by atoms with Gasteiger partial charge in [0, 0.05) is 24.2 Å². The van der Waals surface area contributed by atoms with Gasteiger partial charge in [-0.2, -0.15) is 0 Å². The van der Waals surface area contributed by atoms with Crippen molar-refractivity contribution >= 4 is 11.9 Å². The first-order valence-electron chi connectivity index (χ1n) is 12.6. The van der Waals surface area contributed by atoms with Crippen molar-refractivity contribution in [3.05, 3.63) is 46.8 Å². The molecule has 36 heavy (non-hydrogen) atoms. The van der Waals surface area contributed by atoms with Gasteiger partial charge in [0.25, 0.3) is 5.91 Å². The normalized spacial score (nSPS) is 22.3. The SMILES string of the molecule is CCOCC1C[C@](CC(C)C)(C(=O)O)N(C(=O)c2ccc(C(C)(C)C)c(OC)c2)[C@@H]1c1cc(C)on1. The molecule has 1 fully saturated rings. The second-order valence-electron chi connectivity index (χ2n) is 11.2. The van der Waals surface area contributed by atoms with E-state index in [9.17, 15) is 14.7 Å². The average Bonchev–Trinajstić information content (AvgIpc) is 3.37. The minimum absolute atomic E-state index is 0.0414. The topological polar surface area (TPSA) is 102 Å². The number of hydrogen-bond donors (Lipinski definition) is 1. The Balaban J connectivity index is 2.21. The highest BCUT2D eigenvalue weighted by Crippen LogP contribution is 2.50. The lowest BCUT2D eigenvalue weighted by molar-refractivity contribution is -0.150. The van der Waals surface area contributed by atoms with Crippen LogP contribution in [0.3, 0.4) is 0 Å². The fraction of sp³-hybridized carbons (Fsp3) is 0.607. The Kier molecular flexibility index (Phi) is 8.18. The van der Waals surface area contributed by atoms with E-state index in [4.69, 9.17) is 14.0 Å². The molecule has 0 spiro atoms. The van der Waals surface area contributed by atoms with Crippen molar-refractivity contribution in [2.75, 3.05) is 20.3 Å². The van der Waals surface area contributed by atoms with Crippen LogP contribution in [0.2, 0.25) is 0 Å². The van der Waals surface area contributed by atoms with Crippen molar-refractivity contribution in [1.29, 1.82) is 0 Å². The number of carbonyl (C=O) groups is 2. The van der Waals surface area contributed by atoms with Crippen LogP contribution >= 0.6 is 0 Å². The Bertz CT molecular complexity index is 1090. The van der Waals surface area contributed by atoms with Gasteiger partial charge in [0.2, 0.25) is 0 Å². The Morgan fingerprint density at radius 2 is 1.97 bits per heavy atom. The largest absolute Gasteiger partial charge is 0.496 e. The van der Waals surface area contributed by atoms with Gasteiger partial charge >= 0.3 is 5.97 Å². The molecule has 0 bridgehead atoms. The third-order valence-electron chi connectivity index (χ3n) is 6.89. The number of ether oxygens (including phenoxy) is 2. The number of hydrogen-bond acceptors (Lipinski definition) is 6. The third-order valence-corrected chi connectivity index (χ3v) is 6.89. The smallest absolute Gasteiger partial charge is 0.329 e. The number of carbonyl (C=O) groups excluding carboxylic acids is 1. The van der Waals surface area contributed by atoms with Gasteiger partial charge < -0.3 is 24.0 Å². The monoisotopic (exact) mass is 500 g/mol. The number of aliphatic carboxylic acids is 1. The molecule has 1 aliphatic rings. The van der Waals surface area contributed by atoms with Gasteiger partial charge in [-0.05, 0) is 55.7 Å². The van der Waals surface area contributed by atoms with Crippen LogP contribution in [0.4, 0.5) is 0 Å². The first-order chi connectivity index (χ1) is 16.9. The van der Waals surface area contributed by atoms with Crippen LogP contribution in [0.15, 0.2) is 28.8 Å². The summed E-state index contributed by atoms with van der Waals surface area (Å²) < 4.78 is 16.8. The number of aromatic nitrogens is 1. The zero-order valence-electron chi connectivity index (χ0n) is 22.8. The maximum atomic E-state index is 14.3. The van der Waals surface area contributed by atoms with Crippen molar-refractivity contribution in [1.82, 2.24) is 10.1 Å². The van der Waals surface area contributed by atoms with E-state index in [-0.39, 0.29) is 29.6 Å². The van der Waals surface area contributed by atoms with Gasteiger partial charge in [0.05, 0.1) is 19.8 Å². The molecule has 198 valence electrons. The predicted octanol–water partition coefficient (Wildman–Crippen LogP) is 5.40. The molecule has 3 rings (SSSR count). The van der Waals surface area contributed by atoms with E-state index >= 15 is 0 Å². The van der Waals surface area contributed by atoms with Crippen molar-refractivity contribution in [2.45, 2.75) is 78.3 Å². The van der Waals surface area contributed by atoms with Gasteiger partial charge in [0.1, 0.15) is 22.7 Å². The molecule has 1 aromatic heterocycles. The third kappa shape index (κ3) is 5.28. The zero-order valence-corrected chi connectivity index (χ0v) is 22.8. The summed E-state index contributed by atoms with van der Waals surface area (Å²) in [6.07, 6.45) is 0.571. The highest BCUT2D eigenvalue weighted by molar-refractivity contribution is 5.99. The molecule has 8 heteroatoms. The van der Waals surface area contributed by atoms with E-state index in [1.165, 1.54) is 4.90 Å². The highest BCUT2D eigenvalue weighted by Gasteiger charge is 2.59. The lowest BCUT2D eigenvalue weighted by Crippen LogP contribution is -2.54. The number of amides is 1. The molecule has 0 aliphatic carbocycles. The fourth-order valence-corrected chi connectivity index (χ4v) is 5.48. The average molecular weight is 501 g/mol. The Morgan fingerprint density at radius 3 is 2.47 bits per heavy atom. The molecule has 1 amide bonds. The summed E-state index contributed by atoms with van der Waals surface area (Å²) in [4.78, 5) is 28.8. The van der Waals surface area contributed by atoms with E-state index in [0.29, 0.717) is 42.4 Å². The Labute approximate surface area is 213 Å². The van der Waals surface area contributed by atoms with Crippen molar-refractivity contribution in [3.8, 4) is 5.75 Å². The maximum Gasteiger partial charge on any atom is 0.329 e. The van der Waals surface area contributed by atoms with Gasteiger partial charge in [-0.1, -0.05) is 45.8 Å². The summed E-state index contributed by atoms with van der Waals surface area (Å²) in [7, 11) is 1.58. The fourth-order valence-electron chi connectivity index (χ4n) is 5.48. The Hall–Kier alpha value is -2.87.